The molecule has 0 amide bonds. The fourth-order valence-electron chi connectivity index (χ4n) is 2.14. The van der Waals surface area contributed by atoms with E-state index in [4.69, 9.17) is 5.73 Å². The first-order chi connectivity index (χ1) is 9.15. The van der Waals surface area contributed by atoms with Crippen molar-refractivity contribution in [3.63, 3.8) is 0 Å². The Labute approximate surface area is 110 Å². The van der Waals surface area contributed by atoms with Gasteiger partial charge in [0.15, 0.2) is 0 Å². The fraction of sp³-hybridized carbons (Fsp3) is 0.0625. The smallest absolute Gasteiger partial charge is 0.131 e. The summed E-state index contributed by atoms with van der Waals surface area (Å²) in [4.78, 5) is 4.28. The first kappa shape index (κ1) is 11.7. The van der Waals surface area contributed by atoms with E-state index in [0.717, 1.165) is 22.0 Å². The lowest BCUT2D eigenvalue weighted by molar-refractivity contribution is 0.630. The number of hydrogen-bond donors (Lipinski definition) is 1. The molecule has 0 unspecified atom stereocenters. The summed E-state index contributed by atoms with van der Waals surface area (Å²) in [6.45, 7) is 1.80. The zero-order chi connectivity index (χ0) is 13.4. The van der Waals surface area contributed by atoms with Crippen LogP contribution < -0.4 is 5.73 Å². The molecule has 3 aromatic rings. The predicted molar refractivity (Wildman–Crippen MR) is 76.3 cm³/mol. The second-order valence-electron chi connectivity index (χ2n) is 4.60. The van der Waals surface area contributed by atoms with E-state index in [1.165, 1.54) is 6.07 Å². The van der Waals surface area contributed by atoms with Crippen LogP contribution in [0, 0.1) is 12.7 Å². The van der Waals surface area contributed by atoms with Gasteiger partial charge in [-0.1, -0.05) is 18.2 Å². The molecule has 0 aliphatic carbocycles. The molecule has 0 fully saturated rings. The summed E-state index contributed by atoms with van der Waals surface area (Å²) in [5, 5.41) is 1.03. The monoisotopic (exact) mass is 252 g/mol. The van der Waals surface area contributed by atoms with Crippen LogP contribution in [0.15, 0.2) is 48.7 Å². The Hall–Kier alpha value is -2.42. The van der Waals surface area contributed by atoms with E-state index in [2.05, 4.69) is 4.98 Å². The fourth-order valence-corrected chi connectivity index (χ4v) is 2.14. The minimum Gasteiger partial charge on any atom is -0.398 e. The van der Waals surface area contributed by atoms with Gasteiger partial charge in [0.05, 0.1) is 5.52 Å². The molecule has 0 atom stereocenters. The molecule has 0 spiro atoms. The largest absolute Gasteiger partial charge is 0.398 e. The zero-order valence-corrected chi connectivity index (χ0v) is 10.5. The molecule has 1 heterocycles. The highest BCUT2D eigenvalue weighted by Gasteiger charge is 2.08. The van der Waals surface area contributed by atoms with Gasteiger partial charge in [0.1, 0.15) is 5.82 Å². The third-order valence-corrected chi connectivity index (χ3v) is 3.27. The number of aromatic nitrogens is 1. The highest BCUT2D eigenvalue weighted by molar-refractivity contribution is 5.84. The molecule has 2 N–H and O–H groups in total. The van der Waals surface area contributed by atoms with E-state index < -0.39 is 0 Å². The van der Waals surface area contributed by atoms with Crippen molar-refractivity contribution >= 4 is 16.6 Å². The van der Waals surface area contributed by atoms with Crippen molar-refractivity contribution in [1.82, 2.24) is 4.98 Å². The molecule has 0 bridgehead atoms. The van der Waals surface area contributed by atoms with Crippen LogP contribution in [0.25, 0.3) is 22.0 Å². The first-order valence-corrected chi connectivity index (χ1v) is 6.06. The number of pyridine rings is 1. The van der Waals surface area contributed by atoms with Gasteiger partial charge in [-0.05, 0) is 42.3 Å². The van der Waals surface area contributed by atoms with Crippen molar-refractivity contribution in [3.8, 4) is 11.1 Å². The highest BCUT2D eigenvalue weighted by Crippen LogP contribution is 2.29. The molecule has 0 saturated heterocycles. The molecule has 3 heteroatoms. The minimum atomic E-state index is -0.262. The van der Waals surface area contributed by atoms with Gasteiger partial charge in [-0.25, -0.2) is 4.39 Å². The SMILES string of the molecule is Cc1cc(F)c(-c2ccc3cccnc3c2)cc1N. The van der Waals surface area contributed by atoms with Crippen LogP contribution in [0.4, 0.5) is 10.1 Å². The number of nitrogens with two attached hydrogens (primary N) is 1. The number of aryl methyl sites for hydroxylation is 1. The van der Waals surface area contributed by atoms with Gasteiger partial charge in [-0.3, -0.25) is 4.98 Å². The number of nitrogen functional groups attached to an aromatic ring is 1. The average molecular weight is 252 g/mol. The lowest BCUT2D eigenvalue weighted by Crippen LogP contribution is -1.94. The molecule has 19 heavy (non-hydrogen) atoms. The van der Waals surface area contributed by atoms with Crippen molar-refractivity contribution in [1.29, 1.82) is 0 Å². The third kappa shape index (κ3) is 2.03. The summed E-state index contributed by atoms with van der Waals surface area (Å²) in [5.41, 5.74) is 9.35. The molecule has 0 aliphatic rings. The van der Waals surface area contributed by atoms with Crippen LogP contribution in [-0.4, -0.2) is 4.98 Å². The number of benzene rings is 2. The lowest BCUT2D eigenvalue weighted by Gasteiger charge is -2.08. The maximum absolute atomic E-state index is 14.0. The summed E-state index contributed by atoms with van der Waals surface area (Å²) in [6.07, 6.45) is 1.73. The molecule has 94 valence electrons. The van der Waals surface area contributed by atoms with E-state index >= 15 is 0 Å². The second-order valence-corrected chi connectivity index (χ2v) is 4.60. The van der Waals surface area contributed by atoms with E-state index in [-0.39, 0.29) is 5.82 Å². The summed E-state index contributed by atoms with van der Waals surface area (Å²) >= 11 is 0. The number of halogens is 1. The van der Waals surface area contributed by atoms with Crippen molar-refractivity contribution in [2.45, 2.75) is 6.92 Å². The number of fused-ring (bicyclic) bond motifs is 1. The molecule has 0 aliphatic heterocycles. The van der Waals surface area contributed by atoms with Crippen LogP contribution in [0.2, 0.25) is 0 Å². The van der Waals surface area contributed by atoms with E-state index in [1.807, 2.05) is 30.3 Å². The molecule has 1 aromatic heterocycles. The summed E-state index contributed by atoms with van der Waals surface area (Å²) < 4.78 is 14.0. The van der Waals surface area contributed by atoms with Crippen molar-refractivity contribution in [2.75, 3.05) is 5.73 Å². The first-order valence-electron chi connectivity index (χ1n) is 6.06. The van der Waals surface area contributed by atoms with E-state index in [1.54, 1.807) is 19.2 Å². The number of anilines is 1. The predicted octanol–water partition coefficient (Wildman–Crippen LogP) is 3.93. The van der Waals surface area contributed by atoms with E-state index in [0.29, 0.717) is 11.3 Å². The molecular weight excluding hydrogens is 239 g/mol. The third-order valence-electron chi connectivity index (χ3n) is 3.27. The normalized spacial score (nSPS) is 10.8. The maximum Gasteiger partial charge on any atom is 0.131 e. The van der Waals surface area contributed by atoms with Gasteiger partial charge in [0.25, 0.3) is 0 Å². The van der Waals surface area contributed by atoms with Crippen molar-refractivity contribution < 1.29 is 4.39 Å². The van der Waals surface area contributed by atoms with Crippen LogP contribution in [0.1, 0.15) is 5.56 Å². The van der Waals surface area contributed by atoms with Crippen LogP contribution in [0.3, 0.4) is 0 Å². The molecule has 0 saturated carbocycles. The Morgan fingerprint density at radius 3 is 2.79 bits per heavy atom. The van der Waals surface area contributed by atoms with Gasteiger partial charge in [0, 0.05) is 22.8 Å². The van der Waals surface area contributed by atoms with Crippen molar-refractivity contribution in [2.24, 2.45) is 0 Å². The van der Waals surface area contributed by atoms with Gasteiger partial charge in [-0.15, -0.1) is 0 Å². The zero-order valence-electron chi connectivity index (χ0n) is 10.5. The standard InChI is InChI=1S/C16H13FN2/c1-10-7-14(17)13(9-15(10)18)12-5-4-11-3-2-6-19-16(11)8-12/h2-9H,18H2,1H3. The summed E-state index contributed by atoms with van der Waals surface area (Å²) in [6, 6.07) is 12.7. The quantitative estimate of drug-likeness (QED) is 0.666. The minimum absolute atomic E-state index is 0.262. The second kappa shape index (κ2) is 4.35. The highest BCUT2D eigenvalue weighted by atomic mass is 19.1. The number of rotatable bonds is 1. The average Bonchev–Trinajstić information content (AvgIpc) is 2.42. The van der Waals surface area contributed by atoms with Crippen LogP contribution in [0.5, 0.6) is 0 Å². The summed E-state index contributed by atoms with van der Waals surface area (Å²) in [7, 11) is 0. The molecule has 0 radical (unpaired) electrons. The van der Waals surface area contributed by atoms with Gasteiger partial charge < -0.3 is 5.73 Å². The summed E-state index contributed by atoms with van der Waals surface area (Å²) in [5.74, 6) is -0.262. The molecular formula is C16H13FN2. The Morgan fingerprint density at radius 1 is 1.11 bits per heavy atom. The maximum atomic E-state index is 14.0. The molecule has 2 aromatic carbocycles. The Kier molecular flexibility index (Phi) is 2.67. The van der Waals surface area contributed by atoms with Crippen LogP contribution in [-0.2, 0) is 0 Å². The van der Waals surface area contributed by atoms with Crippen LogP contribution >= 0.6 is 0 Å². The number of hydrogen-bond acceptors (Lipinski definition) is 2. The van der Waals surface area contributed by atoms with Gasteiger partial charge in [0.2, 0.25) is 0 Å². The Bertz CT molecular complexity index is 766. The topological polar surface area (TPSA) is 38.9 Å². The van der Waals surface area contributed by atoms with Gasteiger partial charge in [-0.2, -0.15) is 0 Å². The van der Waals surface area contributed by atoms with Crippen molar-refractivity contribution in [3.05, 3.63) is 60.0 Å². The molecule has 2 nitrogen and oxygen atoms in total. The molecule has 3 rings (SSSR count). The van der Waals surface area contributed by atoms with Gasteiger partial charge >= 0.3 is 0 Å². The Morgan fingerprint density at radius 2 is 1.95 bits per heavy atom. The number of nitrogens with zero attached hydrogens (tertiary/aromatic N) is 1. The Balaban J connectivity index is 2.21. The van der Waals surface area contributed by atoms with E-state index in [9.17, 15) is 4.39 Å². The lowest BCUT2D eigenvalue weighted by atomic mass is 10.0.